The lowest BCUT2D eigenvalue weighted by atomic mass is 10.2. The maximum Gasteiger partial charge on any atom is 0.288 e. The van der Waals surface area contributed by atoms with Gasteiger partial charge in [-0.15, -0.1) is 0 Å². The molecule has 0 bridgehead atoms. The molecule has 0 aromatic heterocycles. The smallest absolute Gasteiger partial charge is 0.288 e. The van der Waals surface area contributed by atoms with Gasteiger partial charge in [-0.3, -0.25) is 0 Å². The molecule has 0 radical (unpaired) electrons. The highest BCUT2D eigenvalue weighted by molar-refractivity contribution is 7.99. The van der Waals surface area contributed by atoms with Gasteiger partial charge in [-0.2, -0.15) is 8.78 Å². The van der Waals surface area contributed by atoms with Crippen LogP contribution in [0.5, 0.6) is 0 Å². The van der Waals surface area contributed by atoms with Gasteiger partial charge in [0.1, 0.15) is 0 Å². The number of thioether (sulfide) groups is 1. The zero-order valence-electron chi connectivity index (χ0n) is 12.7. The second kappa shape index (κ2) is 8.84. The molecular weight excluding hydrogens is 334 g/mol. The van der Waals surface area contributed by atoms with Crippen LogP contribution in [-0.2, 0) is 6.54 Å². The van der Waals surface area contributed by atoms with E-state index < -0.39 is 5.76 Å². The highest BCUT2D eigenvalue weighted by atomic mass is 32.2. The molecule has 0 aliphatic rings. The fourth-order valence-corrected chi connectivity index (χ4v) is 2.86. The van der Waals surface area contributed by atoms with Crippen molar-refractivity contribution in [3.8, 4) is 0 Å². The molecule has 0 spiro atoms. The summed E-state index contributed by atoms with van der Waals surface area (Å²) in [6, 6.07) is 16.9. The second-order valence-corrected chi connectivity index (χ2v) is 6.28. The van der Waals surface area contributed by atoms with Crippen LogP contribution in [0.15, 0.2) is 59.5 Å². The first-order chi connectivity index (χ1) is 11.1. The Morgan fingerprint density at radius 3 is 2.35 bits per heavy atom. The molecule has 2 aromatic rings. The summed E-state index contributed by atoms with van der Waals surface area (Å²) in [5.41, 5.74) is 1.97. The quantitative estimate of drug-likeness (QED) is 0.566. The third-order valence-corrected chi connectivity index (χ3v) is 4.30. The molecule has 2 nitrogen and oxygen atoms in total. The molecule has 0 aliphatic heterocycles. The molecule has 2 aromatic carbocycles. The number of halogens is 2. The molecule has 0 aliphatic carbocycles. The van der Waals surface area contributed by atoms with E-state index in [1.54, 1.807) is 24.3 Å². The lowest BCUT2D eigenvalue weighted by Gasteiger charge is -2.24. The van der Waals surface area contributed by atoms with E-state index in [0.717, 1.165) is 18.8 Å². The largest absolute Gasteiger partial charge is 0.345 e. The Hall–Kier alpha value is -1.66. The summed E-state index contributed by atoms with van der Waals surface area (Å²) in [4.78, 5) is 2.58. The van der Waals surface area contributed by atoms with E-state index in [1.807, 2.05) is 30.0 Å². The highest BCUT2D eigenvalue weighted by Gasteiger charge is 2.09. The number of nitrogens with zero attached hydrogens (tertiary/aromatic N) is 1. The van der Waals surface area contributed by atoms with Gasteiger partial charge in [0.15, 0.2) is 5.11 Å². The van der Waals surface area contributed by atoms with E-state index in [1.165, 1.54) is 5.56 Å². The fourth-order valence-electron chi connectivity index (χ4n) is 2.05. The summed E-state index contributed by atoms with van der Waals surface area (Å²) in [6.07, 6.45) is 0. The Morgan fingerprint density at radius 2 is 1.78 bits per heavy atom. The summed E-state index contributed by atoms with van der Waals surface area (Å²) < 4.78 is 24.6. The first-order valence-electron chi connectivity index (χ1n) is 7.23. The van der Waals surface area contributed by atoms with Gasteiger partial charge in [0.25, 0.3) is 5.76 Å². The number of hydrogen-bond donors (Lipinski definition) is 1. The van der Waals surface area contributed by atoms with Crippen molar-refractivity contribution >= 4 is 34.8 Å². The Balaban J connectivity index is 1.96. The maximum atomic E-state index is 12.3. The number of alkyl halides is 2. The number of nitrogens with one attached hydrogen (secondary N) is 1. The second-order valence-electron chi connectivity index (χ2n) is 4.83. The monoisotopic (exact) mass is 352 g/mol. The van der Waals surface area contributed by atoms with E-state index in [9.17, 15) is 8.78 Å². The van der Waals surface area contributed by atoms with Gasteiger partial charge in [-0.05, 0) is 49.0 Å². The zero-order chi connectivity index (χ0) is 16.7. The summed E-state index contributed by atoms with van der Waals surface area (Å²) in [5.74, 6) is -2.41. The molecule has 1 N–H and O–H groups in total. The van der Waals surface area contributed by atoms with Gasteiger partial charge in [-0.25, -0.2) is 0 Å². The minimum atomic E-state index is -2.41. The lowest BCUT2D eigenvalue weighted by Crippen LogP contribution is -2.34. The minimum Gasteiger partial charge on any atom is -0.345 e. The lowest BCUT2D eigenvalue weighted by molar-refractivity contribution is 0.252. The van der Waals surface area contributed by atoms with Crippen LogP contribution in [0.25, 0.3) is 0 Å². The van der Waals surface area contributed by atoms with E-state index in [0.29, 0.717) is 21.8 Å². The first kappa shape index (κ1) is 17.7. The average molecular weight is 352 g/mol. The zero-order valence-corrected chi connectivity index (χ0v) is 14.3. The van der Waals surface area contributed by atoms with Crippen molar-refractivity contribution < 1.29 is 8.78 Å². The molecule has 23 heavy (non-hydrogen) atoms. The van der Waals surface area contributed by atoms with Crippen LogP contribution in [0.4, 0.5) is 14.5 Å². The molecule has 0 saturated heterocycles. The number of rotatable bonds is 6. The molecule has 0 heterocycles. The van der Waals surface area contributed by atoms with Crippen LogP contribution >= 0.6 is 24.0 Å². The highest BCUT2D eigenvalue weighted by Crippen LogP contribution is 2.26. The van der Waals surface area contributed by atoms with Gasteiger partial charge in [0, 0.05) is 23.7 Å². The molecule has 122 valence electrons. The van der Waals surface area contributed by atoms with Crippen LogP contribution in [-0.4, -0.2) is 22.3 Å². The number of anilines is 1. The van der Waals surface area contributed by atoms with Crippen molar-refractivity contribution in [1.82, 2.24) is 4.90 Å². The van der Waals surface area contributed by atoms with Gasteiger partial charge in [0.2, 0.25) is 0 Å². The van der Waals surface area contributed by atoms with Gasteiger partial charge in [0.05, 0.1) is 0 Å². The fraction of sp³-hybridized carbons (Fsp3) is 0.235. The van der Waals surface area contributed by atoms with Crippen LogP contribution < -0.4 is 5.32 Å². The Morgan fingerprint density at radius 1 is 1.13 bits per heavy atom. The van der Waals surface area contributed by atoms with E-state index in [-0.39, 0.29) is 0 Å². The van der Waals surface area contributed by atoms with Crippen molar-refractivity contribution in [3.05, 3.63) is 60.2 Å². The predicted molar refractivity (Wildman–Crippen MR) is 97.0 cm³/mol. The summed E-state index contributed by atoms with van der Waals surface area (Å²) in [6.45, 7) is 3.54. The first-order valence-corrected chi connectivity index (χ1v) is 8.52. The van der Waals surface area contributed by atoms with Crippen LogP contribution in [0, 0.1) is 0 Å². The molecule has 6 heteroatoms. The maximum absolute atomic E-state index is 12.3. The third kappa shape index (κ3) is 5.80. The summed E-state index contributed by atoms with van der Waals surface area (Å²) in [5, 5.41) is 3.77. The Bertz CT molecular complexity index is 618. The third-order valence-electron chi connectivity index (χ3n) is 3.22. The normalized spacial score (nSPS) is 10.6. The number of benzene rings is 2. The topological polar surface area (TPSA) is 15.3 Å². The molecular formula is C17H18F2N2S2. The van der Waals surface area contributed by atoms with Gasteiger partial charge in [-0.1, -0.05) is 42.1 Å². The van der Waals surface area contributed by atoms with E-state index in [2.05, 4.69) is 17.4 Å². The Kier molecular flexibility index (Phi) is 6.80. The minimum absolute atomic E-state index is 0.534. The number of hydrogen-bond acceptors (Lipinski definition) is 2. The van der Waals surface area contributed by atoms with Crippen molar-refractivity contribution in [1.29, 1.82) is 0 Å². The van der Waals surface area contributed by atoms with Gasteiger partial charge < -0.3 is 10.2 Å². The molecule has 0 amide bonds. The molecule has 0 unspecified atom stereocenters. The van der Waals surface area contributed by atoms with Crippen molar-refractivity contribution in [2.45, 2.75) is 24.1 Å². The van der Waals surface area contributed by atoms with Crippen LogP contribution in [0.1, 0.15) is 12.5 Å². The molecule has 0 saturated carbocycles. The van der Waals surface area contributed by atoms with Gasteiger partial charge >= 0.3 is 0 Å². The molecule has 0 fully saturated rings. The SMILES string of the molecule is CCN(Cc1ccccc1)C(=S)Nc1ccc(SC(F)F)cc1. The standard InChI is InChI=1S/C17H18F2N2S2/c1-2-21(12-13-6-4-3-5-7-13)17(22)20-14-8-10-15(11-9-14)23-16(18)19/h3-11,16H,2,12H2,1H3,(H,20,22). The summed E-state index contributed by atoms with van der Waals surface area (Å²) in [7, 11) is 0. The van der Waals surface area contributed by atoms with Crippen LogP contribution in [0.3, 0.4) is 0 Å². The van der Waals surface area contributed by atoms with Crippen molar-refractivity contribution in [2.75, 3.05) is 11.9 Å². The predicted octanol–water partition coefficient (Wildman–Crippen LogP) is 5.22. The Labute approximate surface area is 144 Å². The van der Waals surface area contributed by atoms with Crippen molar-refractivity contribution in [3.63, 3.8) is 0 Å². The number of thiocarbonyl (C=S) groups is 1. The van der Waals surface area contributed by atoms with Crippen molar-refractivity contribution in [2.24, 2.45) is 0 Å². The molecule has 0 atom stereocenters. The molecule has 2 rings (SSSR count). The van der Waals surface area contributed by atoms with Crippen LogP contribution in [0.2, 0.25) is 0 Å². The average Bonchev–Trinajstić information content (AvgIpc) is 2.55. The van der Waals surface area contributed by atoms with E-state index in [4.69, 9.17) is 12.2 Å². The summed E-state index contributed by atoms with van der Waals surface area (Å²) >= 11 is 5.98. The van der Waals surface area contributed by atoms with E-state index >= 15 is 0 Å².